The predicted octanol–water partition coefficient (Wildman–Crippen LogP) is 0.447. The van der Waals surface area contributed by atoms with E-state index >= 15 is 0 Å². The minimum Gasteiger partial charge on any atom is -0.354 e. The average molecular weight is 317 g/mol. The van der Waals surface area contributed by atoms with Crippen LogP contribution in [0.5, 0.6) is 0 Å². The zero-order chi connectivity index (χ0) is 16.3. The lowest BCUT2D eigenvalue weighted by atomic mass is 9.96. The standard InChI is InChI=1S/C17H27N5O/c1-17(13-18,14-5-6-14)20-16(23)12-21-8-10-22(11-9-21)15-4-2-3-7-19-15/h2-4,7,14H,5-6,8-13,18H2,1H3,(H,20,23). The summed E-state index contributed by atoms with van der Waals surface area (Å²) in [6, 6.07) is 5.97. The van der Waals surface area contributed by atoms with Gasteiger partial charge in [0.1, 0.15) is 5.82 Å². The molecule has 2 aliphatic rings. The topological polar surface area (TPSA) is 74.5 Å². The van der Waals surface area contributed by atoms with Gasteiger partial charge >= 0.3 is 0 Å². The van der Waals surface area contributed by atoms with Crippen molar-refractivity contribution in [1.82, 2.24) is 15.2 Å². The molecule has 0 spiro atoms. The molecule has 2 fully saturated rings. The summed E-state index contributed by atoms with van der Waals surface area (Å²) in [6.45, 7) is 6.61. The number of carbonyl (C=O) groups is 1. The van der Waals surface area contributed by atoms with Crippen molar-refractivity contribution in [1.29, 1.82) is 0 Å². The van der Waals surface area contributed by atoms with E-state index in [-0.39, 0.29) is 11.4 Å². The summed E-state index contributed by atoms with van der Waals surface area (Å²) in [7, 11) is 0. The Bertz CT molecular complexity index is 525. The van der Waals surface area contributed by atoms with E-state index in [2.05, 4.69) is 27.0 Å². The number of pyridine rings is 1. The normalized spacial score (nSPS) is 21.7. The number of amides is 1. The van der Waals surface area contributed by atoms with Gasteiger partial charge in [-0.25, -0.2) is 4.98 Å². The maximum Gasteiger partial charge on any atom is 0.234 e. The van der Waals surface area contributed by atoms with Crippen LogP contribution in [-0.4, -0.2) is 60.6 Å². The van der Waals surface area contributed by atoms with Crippen LogP contribution in [0.2, 0.25) is 0 Å². The molecule has 23 heavy (non-hydrogen) atoms. The Hall–Kier alpha value is -1.66. The first kappa shape index (κ1) is 16.2. The van der Waals surface area contributed by atoms with Crippen LogP contribution in [-0.2, 0) is 4.79 Å². The summed E-state index contributed by atoms with van der Waals surface area (Å²) in [5.74, 6) is 1.66. The Morgan fingerprint density at radius 1 is 1.35 bits per heavy atom. The first-order valence-electron chi connectivity index (χ1n) is 8.50. The van der Waals surface area contributed by atoms with Gasteiger partial charge in [0.15, 0.2) is 0 Å². The van der Waals surface area contributed by atoms with Crippen molar-refractivity contribution in [2.24, 2.45) is 11.7 Å². The van der Waals surface area contributed by atoms with Crippen molar-refractivity contribution in [2.75, 3.05) is 44.2 Å². The molecule has 6 heteroatoms. The van der Waals surface area contributed by atoms with Gasteiger partial charge in [0.05, 0.1) is 12.1 Å². The third-order valence-corrected chi connectivity index (χ3v) is 5.04. The van der Waals surface area contributed by atoms with Crippen LogP contribution < -0.4 is 16.0 Å². The molecule has 0 radical (unpaired) electrons. The summed E-state index contributed by atoms with van der Waals surface area (Å²) in [4.78, 5) is 21.2. The van der Waals surface area contributed by atoms with E-state index in [4.69, 9.17) is 5.73 Å². The van der Waals surface area contributed by atoms with Crippen molar-refractivity contribution in [3.63, 3.8) is 0 Å². The van der Waals surface area contributed by atoms with Crippen molar-refractivity contribution in [2.45, 2.75) is 25.3 Å². The second kappa shape index (κ2) is 6.84. The number of rotatable bonds is 6. The molecular weight excluding hydrogens is 290 g/mol. The molecule has 1 saturated heterocycles. The van der Waals surface area contributed by atoms with Gasteiger partial charge in [0, 0.05) is 38.9 Å². The zero-order valence-electron chi connectivity index (χ0n) is 13.9. The van der Waals surface area contributed by atoms with Crippen LogP contribution in [0.15, 0.2) is 24.4 Å². The molecule has 1 atom stereocenters. The number of hydrogen-bond donors (Lipinski definition) is 2. The molecule has 1 aromatic rings. The number of carbonyl (C=O) groups excluding carboxylic acids is 1. The Labute approximate surface area is 138 Å². The molecular formula is C17H27N5O. The van der Waals surface area contributed by atoms with E-state index in [0.29, 0.717) is 19.0 Å². The lowest BCUT2D eigenvalue weighted by Gasteiger charge is -2.36. The molecule has 2 heterocycles. The van der Waals surface area contributed by atoms with Crippen LogP contribution in [0.3, 0.4) is 0 Å². The van der Waals surface area contributed by atoms with E-state index < -0.39 is 0 Å². The minimum atomic E-state index is -0.229. The molecule has 1 aliphatic heterocycles. The maximum absolute atomic E-state index is 12.3. The number of nitrogens with one attached hydrogen (secondary N) is 1. The molecule has 3 N–H and O–H groups in total. The molecule has 0 bridgehead atoms. The molecule has 6 nitrogen and oxygen atoms in total. The fourth-order valence-electron chi connectivity index (χ4n) is 3.28. The van der Waals surface area contributed by atoms with Crippen LogP contribution in [0.25, 0.3) is 0 Å². The third kappa shape index (κ3) is 4.00. The first-order valence-corrected chi connectivity index (χ1v) is 8.50. The fraction of sp³-hybridized carbons (Fsp3) is 0.647. The van der Waals surface area contributed by atoms with Gasteiger partial charge < -0.3 is 16.0 Å². The van der Waals surface area contributed by atoms with Crippen molar-refractivity contribution >= 4 is 11.7 Å². The highest BCUT2D eigenvalue weighted by Crippen LogP contribution is 2.38. The summed E-state index contributed by atoms with van der Waals surface area (Å²) < 4.78 is 0. The average Bonchev–Trinajstić information content (AvgIpc) is 3.41. The van der Waals surface area contributed by atoms with Gasteiger partial charge in [-0.2, -0.15) is 0 Å². The molecule has 1 aromatic heterocycles. The highest BCUT2D eigenvalue weighted by molar-refractivity contribution is 5.79. The molecule has 1 saturated carbocycles. The van der Waals surface area contributed by atoms with Crippen LogP contribution in [0.4, 0.5) is 5.82 Å². The van der Waals surface area contributed by atoms with Crippen LogP contribution in [0.1, 0.15) is 19.8 Å². The van der Waals surface area contributed by atoms with E-state index in [9.17, 15) is 4.79 Å². The lowest BCUT2D eigenvalue weighted by molar-refractivity contribution is -0.124. The smallest absolute Gasteiger partial charge is 0.234 e. The molecule has 0 aromatic carbocycles. The number of anilines is 1. The van der Waals surface area contributed by atoms with E-state index in [1.54, 1.807) is 0 Å². The summed E-state index contributed by atoms with van der Waals surface area (Å²) in [5.41, 5.74) is 5.64. The maximum atomic E-state index is 12.3. The molecule has 1 unspecified atom stereocenters. The Morgan fingerprint density at radius 2 is 2.09 bits per heavy atom. The number of aromatic nitrogens is 1. The SMILES string of the molecule is CC(CN)(NC(=O)CN1CCN(c2ccccn2)CC1)C1CC1. The highest BCUT2D eigenvalue weighted by Gasteiger charge is 2.41. The largest absolute Gasteiger partial charge is 0.354 e. The number of piperazine rings is 1. The lowest BCUT2D eigenvalue weighted by Crippen LogP contribution is -2.56. The van der Waals surface area contributed by atoms with E-state index in [1.807, 2.05) is 24.4 Å². The summed E-state index contributed by atoms with van der Waals surface area (Å²) >= 11 is 0. The molecule has 1 aliphatic carbocycles. The molecule has 126 valence electrons. The second-order valence-electron chi connectivity index (χ2n) is 6.90. The summed E-state index contributed by atoms with van der Waals surface area (Å²) in [6.07, 6.45) is 4.17. The second-order valence-corrected chi connectivity index (χ2v) is 6.90. The van der Waals surface area contributed by atoms with Gasteiger partial charge in [-0.05, 0) is 37.8 Å². The molecule has 3 rings (SSSR count). The number of nitrogens with two attached hydrogens (primary N) is 1. The third-order valence-electron chi connectivity index (χ3n) is 5.04. The quantitative estimate of drug-likeness (QED) is 0.797. The highest BCUT2D eigenvalue weighted by atomic mass is 16.2. The van der Waals surface area contributed by atoms with Gasteiger partial charge in [-0.15, -0.1) is 0 Å². The van der Waals surface area contributed by atoms with Gasteiger partial charge in [0.25, 0.3) is 0 Å². The fourth-order valence-corrected chi connectivity index (χ4v) is 3.28. The van der Waals surface area contributed by atoms with Gasteiger partial charge in [0.2, 0.25) is 5.91 Å². The van der Waals surface area contributed by atoms with E-state index in [1.165, 1.54) is 12.8 Å². The Morgan fingerprint density at radius 3 is 2.65 bits per heavy atom. The van der Waals surface area contributed by atoms with Crippen LogP contribution >= 0.6 is 0 Å². The van der Waals surface area contributed by atoms with Crippen LogP contribution in [0, 0.1) is 5.92 Å². The van der Waals surface area contributed by atoms with Crippen molar-refractivity contribution < 1.29 is 4.79 Å². The van der Waals surface area contributed by atoms with Gasteiger partial charge in [-0.3, -0.25) is 9.69 Å². The molecule has 1 amide bonds. The zero-order valence-corrected chi connectivity index (χ0v) is 13.9. The van der Waals surface area contributed by atoms with Gasteiger partial charge in [-0.1, -0.05) is 6.07 Å². The Balaban J connectivity index is 1.46. The minimum absolute atomic E-state index is 0.0936. The monoisotopic (exact) mass is 317 g/mol. The first-order chi connectivity index (χ1) is 11.1. The number of hydrogen-bond acceptors (Lipinski definition) is 5. The van der Waals surface area contributed by atoms with Crippen molar-refractivity contribution in [3.05, 3.63) is 24.4 Å². The predicted molar refractivity (Wildman–Crippen MR) is 91.2 cm³/mol. The van der Waals surface area contributed by atoms with E-state index in [0.717, 1.165) is 32.0 Å². The van der Waals surface area contributed by atoms with Crippen molar-refractivity contribution in [3.8, 4) is 0 Å². The number of nitrogens with zero attached hydrogens (tertiary/aromatic N) is 3. The summed E-state index contributed by atoms with van der Waals surface area (Å²) in [5, 5.41) is 3.16. The Kier molecular flexibility index (Phi) is 4.82.